The van der Waals surface area contributed by atoms with Crippen molar-refractivity contribution in [2.75, 3.05) is 0 Å². The summed E-state index contributed by atoms with van der Waals surface area (Å²) in [6, 6.07) is 10.1. The zero-order valence-electron chi connectivity index (χ0n) is 12.2. The van der Waals surface area contributed by atoms with Crippen molar-refractivity contribution in [2.24, 2.45) is 5.92 Å². The summed E-state index contributed by atoms with van der Waals surface area (Å²) in [7, 11) is 0. The van der Waals surface area contributed by atoms with Crippen LogP contribution in [0.2, 0.25) is 0 Å². The molecule has 2 aromatic rings. The topological polar surface area (TPSA) is 27.1 Å². The molecule has 2 bridgehead atoms. The lowest BCUT2D eigenvalue weighted by atomic mass is 9.76. The smallest absolute Gasteiger partial charge is 0.136 e. The first-order valence-corrected chi connectivity index (χ1v) is 8.74. The van der Waals surface area contributed by atoms with Crippen molar-refractivity contribution in [1.29, 1.82) is 0 Å². The fourth-order valence-electron chi connectivity index (χ4n) is 3.90. The number of nitrogens with zero attached hydrogens (tertiary/aromatic N) is 2. The Morgan fingerprint density at radius 1 is 1.23 bits per heavy atom. The van der Waals surface area contributed by atoms with Crippen LogP contribution in [0.3, 0.4) is 0 Å². The zero-order chi connectivity index (χ0) is 15.2. The van der Waals surface area contributed by atoms with Gasteiger partial charge in [-0.3, -0.25) is 0 Å². The number of hydrogen-bond donors (Lipinski definition) is 0. The molecule has 3 saturated carbocycles. The molecule has 3 aliphatic rings. The van der Waals surface area contributed by atoms with E-state index in [1.54, 1.807) is 0 Å². The summed E-state index contributed by atoms with van der Waals surface area (Å²) < 4.78 is 22.8. The molecule has 5 rings (SSSR count). The highest BCUT2D eigenvalue weighted by Crippen LogP contribution is 2.58. The Labute approximate surface area is 143 Å². The second-order valence-corrected chi connectivity index (χ2v) is 7.55. The first kappa shape index (κ1) is 14.6. The van der Waals surface area contributed by atoms with Crippen LogP contribution in [0.5, 0.6) is 0 Å². The summed E-state index contributed by atoms with van der Waals surface area (Å²) in [5.74, 6) is 1.19. The summed E-state index contributed by atoms with van der Waals surface area (Å²) in [6.07, 6.45) is 3.95. The quantitative estimate of drug-likeness (QED) is 0.693. The van der Waals surface area contributed by atoms with Crippen molar-refractivity contribution in [2.45, 2.75) is 44.2 Å². The monoisotopic (exact) mass is 412 g/mol. The highest BCUT2D eigenvalue weighted by atomic mass is 127. The molecule has 0 spiro atoms. The van der Waals surface area contributed by atoms with Gasteiger partial charge in [0, 0.05) is 18.2 Å². The third kappa shape index (κ3) is 2.48. The van der Waals surface area contributed by atoms with E-state index in [0.29, 0.717) is 19.6 Å². The number of rotatable bonds is 5. The van der Waals surface area contributed by atoms with E-state index in [-0.39, 0.29) is 11.5 Å². The molecule has 5 heteroatoms. The summed E-state index contributed by atoms with van der Waals surface area (Å²) in [4.78, 5) is 4.58. The number of fused-ring (bicyclic) bond motifs is 1. The van der Waals surface area contributed by atoms with Crippen LogP contribution in [-0.2, 0) is 23.5 Å². The molecular weight excluding hydrogens is 394 g/mol. The molecule has 0 N–H and O–H groups in total. The van der Waals surface area contributed by atoms with E-state index < -0.39 is 6.17 Å². The maximum Gasteiger partial charge on any atom is 0.136 e. The first-order valence-electron chi connectivity index (χ1n) is 7.66. The van der Waals surface area contributed by atoms with Crippen molar-refractivity contribution in [3.05, 3.63) is 51.6 Å². The van der Waals surface area contributed by atoms with Gasteiger partial charge in [0.05, 0.1) is 6.61 Å². The van der Waals surface area contributed by atoms with Crippen LogP contribution < -0.4 is 0 Å². The van der Waals surface area contributed by atoms with E-state index in [9.17, 15) is 4.39 Å². The molecule has 0 unspecified atom stereocenters. The van der Waals surface area contributed by atoms with Gasteiger partial charge in [0.2, 0.25) is 0 Å². The Balaban J connectivity index is 1.46. The molecule has 1 aromatic heterocycles. The number of hydrogen-bond acceptors (Lipinski definition) is 2. The Morgan fingerprint density at radius 2 is 2.00 bits per heavy atom. The summed E-state index contributed by atoms with van der Waals surface area (Å²) in [5.41, 5.74) is 1.12. The number of aromatic nitrogens is 2. The molecule has 0 aliphatic heterocycles. The van der Waals surface area contributed by atoms with Gasteiger partial charge in [0.15, 0.2) is 0 Å². The lowest BCUT2D eigenvalue weighted by molar-refractivity contribution is 0.0826. The van der Waals surface area contributed by atoms with Crippen LogP contribution in [0, 0.1) is 9.62 Å². The maximum atomic E-state index is 13.8. The van der Waals surface area contributed by atoms with Crippen LogP contribution in [0.25, 0.3) is 0 Å². The van der Waals surface area contributed by atoms with E-state index >= 15 is 0 Å². The van der Waals surface area contributed by atoms with Gasteiger partial charge in [-0.1, -0.05) is 30.3 Å². The molecule has 116 valence electrons. The fraction of sp³-hybridized carbons (Fsp3) is 0.471. The summed E-state index contributed by atoms with van der Waals surface area (Å²) >= 11 is 2.22. The van der Waals surface area contributed by atoms with Gasteiger partial charge < -0.3 is 9.30 Å². The largest absolute Gasteiger partial charge is 0.369 e. The van der Waals surface area contributed by atoms with Gasteiger partial charge in [0.25, 0.3) is 0 Å². The lowest BCUT2D eigenvalue weighted by Gasteiger charge is -2.40. The molecule has 3 aliphatic carbocycles. The molecule has 1 aromatic carbocycles. The molecule has 1 atom stereocenters. The predicted molar refractivity (Wildman–Crippen MR) is 90.1 cm³/mol. The van der Waals surface area contributed by atoms with Crippen molar-refractivity contribution < 1.29 is 9.13 Å². The Kier molecular flexibility index (Phi) is 3.72. The average Bonchev–Trinajstić information content (AvgIpc) is 3.10. The Bertz CT molecular complexity index is 667. The van der Waals surface area contributed by atoms with Gasteiger partial charge in [-0.05, 0) is 46.9 Å². The molecule has 0 radical (unpaired) electrons. The van der Waals surface area contributed by atoms with Crippen molar-refractivity contribution >= 4 is 22.6 Å². The van der Waals surface area contributed by atoms with Crippen LogP contribution in [-0.4, -0.2) is 15.7 Å². The molecule has 22 heavy (non-hydrogen) atoms. The third-order valence-electron chi connectivity index (χ3n) is 4.97. The van der Waals surface area contributed by atoms with Crippen LogP contribution >= 0.6 is 22.6 Å². The molecular formula is C17H18FIN2O. The number of halogens is 2. The van der Waals surface area contributed by atoms with E-state index in [2.05, 4.69) is 50.5 Å². The number of imidazole rings is 1. The van der Waals surface area contributed by atoms with E-state index in [0.717, 1.165) is 27.9 Å². The molecule has 0 amide bonds. The molecule has 3 nitrogen and oxygen atoms in total. The number of benzene rings is 1. The summed E-state index contributed by atoms with van der Waals surface area (Å²) in [5, 5.41) is 0. The number of alkyl halides is 1. The van der Waals surface area contributed by atoms with Crippen LogP contribution in [0.4, 0.5) is 4.39 Å². The van der Waals surface area contributed by atoms with E-state index in [4.69, 9.17) is 4.74 Å². The minimum absolute atomic E-state index is 0.0358. The second-order valence-electron chi connectivity index (χ2n) is 6.44. The highest BCUT2D eigenvalue weighted by Gasteiger charge is 2.58. The Morgan fingerprint density at radius 3 is 2.68 bits per heavy atom. The SMILES string of the molecule is F[C@H]1CC2(n3cc(I)nc3COCc3ccccc3)CC1C2. The van der Waals surface area contributed by atoms with Crippen molar-refractivity contribution in [3.63, 3.8) is 0 Å². The average molecular weight is 412 g/mol. The standard InChI is InChI=1S/C17H18FIN2O/c18-14-8-17(6-13(14)7-17)21-9-15(19)20-16(21)11-22-10-12-4-2-1-3-5-12/h1-5,9,13-14H,6-8,10-11H2/t13?,14-,17?/m0/s1. The zero-order valence-corrected chi connectivity index (χ0v) is 14.4. The van der Waals surface area contributed by atoms with Gasteiger partial charge in [-0.2, -0.15) is 0 Å². The second kappa shape index (κ2) is 5.60. The minimum Gasteiger partial charge on any atom is -0.369 e. The summed E-state index contributed by atoms with van der Waals surface area (Å²) in [6.45, 7) is 1.05. The van der Waals surface area contributed by atoms with Gasteiger partial charge in [-0.15, -0.1) is 0 Å². The van der Waals surface area contributed by atoms with Crippen LogP contribution in [0.1, 0.15) is 30.7 Å². The first-order chi connectivity index (χ1) is 10.7. The highest BCUT2D eigenvalue weighted by molar-refractivity contribution is 14.1. The maximum absolute atomic E-state index is 13.8. The number of ether oxygens (including phenoxy) is 1. The van der Waals surface area contributed by atoms with Gasteiger partial charge in [-0.25, -0.2) is 9.37 Å². The molecule has 0 saturated heterocycles. The normalized spacial score (nSPS) is 29.5. The third-order valence-corrected chi connectivity index (χ3v) is 5.49. The van der Waals surface area contributed by atoms with Gasteiger partial charge in [0.1, 0.15) is 22.3 Å². The lowest BCUT2D eigenvalue weighted by Crippen LogP contribution is -2.39. The van der Waals surface area contributed by atoms with E-state index in [1.165, 1.54) is 0 Å². The predicted octanol–water partition coefficient (Wildman–Crippen LogP) is 4.05. The fourth-order valence-corrected chi connectivity index (χ4v) is 4.45. The van der Waals surface area contributed by atoms with Crippen LogP contribution in [0.15, 0.2) is 36.5 Å². The molecule has 3 fully saturated rings. The van der Waals surface area contributed by atoms with Crippen molar-refractivity contribution in [3.8, 4) is 0 Å². The van der Waals surface area contributed by atoms with Gasteiger partial charge >= 0.3 is 0 Å². The molecule has 1 heterocycles. The van der Waals surface area contributed by atoms with E-state index in [1.807, 2.05) is 18.2 Å². The Hall–Kier alpha value is -0.950. The minimum atomic E-state index is -0.641. The van der Waals surface area contributed by atoms with Crippen molar-refractivity contribution in [1.82, 2.24) is 9.55 Å².